The average molecular weight is 307 g/mol. The molecule has 0 bridgehead atoms. The molecule has 1 aromatic carbocycles. The zero-order chi connectivity index (χ0) is 15.5. The predicted molar refractivity (Wildman–Crippen MR) is 78.9 cm³/mol. The maximum atomic E-state index is 12.1. The van der Waals surface area contributed by atoms with E-state index in [2.05, 4.69) is 5.32 Å². The molecule has 0 saturated heterocycles. The molecule has 1 N–H and O–H groups in total. The highest BCUT2D eigenvalue weighted by molar-refractivity contribution is 7.90. The Balaban J connectivity index is 2.06. The molecule has 21 heavy (non-hydrogen) atoms. The summed E-state index contributed by atoms with van der Waals surface area (Å²) < 4.78 is 28.2. The van der Waals surface area contributed by atoms with Crippen LogP contribution in [0.4, 0.5) is 0 Å². The van der Waals surface area contributed by atoms with Gasteiger partial charge in [-0.15, -0.1) is 0 Å². The van der Waals surface area contributed by atoms with Gasteiger partial charge in [-0.2, -0.15) is 0 Å². The van der Waals surface area contributed by atoms with Crippen molar-refractivity contribution in [2.45, 2.75) is 24.3 Å². The first-order chi connectivity index (χ1) is 9.86. The van der Waals surface area contributed by atoms with Gasteiger partial charge in [-0.3, -0.25) is 4.79 Å². The van der Waals surface area contributed by atoms with Crippen molar-refractivity contribution in [3.05, 3.63) is 54.0 Å². The summed E-state index contributed by atoms with van der Waals surface area (Å²) in [5.41, 5.74) is 0.323. The van der Waals surface area contributed by atoms with E-state index in [4.69, 9.17) is 4.42 Å². The van der Waals surface area contributed by atoms with Gasteiger partial charge in [-0.05, 0) is 37.3 Å². The summed E-state index contributed by atoms with van der Waals surface area (Å²) >= 11 is 0. The minimum atomic E-state index is -3.32. The monoisotopic (exact) mass is 307 g/mol. The lowest BCUT2D eigenvalue weighted by atomic mass is 10.1. The summed E-state index contributed by atoms with van der Waals surface area (Å²) in [4.78, 5) is 12.3. The topological polar surface area (TPSA) is 76.4 Å². The van der Waals surface area contributed by atoms with E-state index >= 15 is 0 Å². The van der Waals surface area contributed by atoms with Crippen molar-refractivity contribution >= 4 is 15.7 Å². The second-order valence-corrected chi connectivity index (χ2v) is 6.97. The molecule has 5 nitrogen and oxygen atoms in total. The number of furan rings is 1. The van der Waals surface area contributed by atoms with E-state index in [1.807, 2.05) is 13.0 Å². The van der Waals surface area contributed by atoms with E-state index in [0.717, 1.165) is 12.0 Å². The molecule has 1 heterocycles. The molecular formula is C15H17NO4S. The number of carbonyl (C=O) groups excluding carboxylic acids is 1. The van der Waals surface area contributed by atoms with Gasteiger partial charge in [0.25, 0.3) is 5.91 Å². The Kier molecular flexibility index (Phi) is 4.47. The maximum Gasteiger partial charge on any atom is 0.251 e. The van der Waals surface area contributed by atoms with Crippen LogP contribution in [0, 0.1) is 0 Å². The van der Waals surface area contributed by atoms with Crippen molar-refractivity contribution in [1.29, 1.82) is 0 Å². The van der Waals surface area contributed by atoms with Crippen LogP contribution in [-0.4, -0.2) is 26.6 Å². The van der Waals surface area contributed by atoms with Gasteiger partial charge in [-0.1, -0.05) is 6.07 Å². The number of amides is 1. The molecule has 0 saturated carbocycles. The van der Waals surface area contributed by atoms with Crippen LogP contribution in [0.1, 0.15) is 23.0 Å². The summed E-state index contributed by atoms with van der Waals surface area (Å²) in [5, 5.41) is 2.82. The van der Waals surface area contributed by atoms with Crippen LogP contribution in [0.3, 0.4) is 0 Å². The maximum absolute atomic E-state index is 12.1. The third-order valence-electron chi connectivity index (χ3n) is 2.99. The molecule has 0 fully saturated rings. The first kappa shape index (κ1) is 15.3. The van der Waals surface area contributed by atoms with Crippen molar-refractivity contribution in [1.82, 2.24) is 5.32 Å². The van der Waals surface area contributed by atoms with Gasteiger partial charge in [0.15, 0.2) is 9.84 Å². The lowest BCUT2D eigenvalue weighted by Crippen LogP contribution is -2.34. The molecule has 1 atom stereocenters. The third kappa shape index (κ3) is 4.19. The molecule has 1 unspecified atom stereocenters. The minimum Gasteiger partial charge on any atom is -0.469 e. The smallest absolute Gasteiger partial charge is 0.251 e. The summed E-state index contributed by atoms with van der Waals surface area (Å²) in [7, 11) is -3.32. The van der Waals surface area contributed by atoms with Crippen molar-refractivity contribution in [3.63, 3.8) is 0 Å². The van der Waals surface area contributed by atoms with E-state index in [-0.39, 0.29) is 16.8 Å². The number of rotatable bonds is 5. The molecule has 0 aliphatic rings. The van der Waals surface area contributed by atoms with E-state index in [0.29, 0.717) is 12.0 Å². The molecule has 0 radical (unpaired) electrons. The normalized spacial score (nSPS) is 12.9. The first-order valence-electron chi connectivity index (χ1n) is 6.49. The molecule has 2 rings (SSSR count). The molecular weight excluding hydrogens is 290 g/mol. The average Bonchev–Trinajstić information content (AvgIpc) is 2.90. The second kappa shape index (κ2) is 6.13. The van der Waals surface area contributed by atoms with Crippen molar-refractivity contribution in [2.24, 2.45) is 0 Å². The molecule has 0 aliphatic heterocycles. The van der Waals surface area contributed by atoms with Crippen molar-refractivity contribution < 1.29 is 17.6 Å². The summed E-state index contributed by atoms with van der Waals surface area (Å²) in [6.45, 7) is 1.86. The van der Waals surface area contributed by atoms with Crippen molar-refractivity contribution in [3.8, 4) is 0 Å². The Morgan fingerprint density at radius 3 is 2.67 bits per heavy atom. The van der Waals surface area contributed by atoms with E-state index in [1.54, 1.807) is 24.5 Å². The zero-order valence-electron chi connectivity index (χ0n) is 11.9. The van der Waals surface area contributed by atoms with Crippen LogP contribution >= 0.6 is 0 Å². The lowest BCUT2D eigenvalue weighted by molar-refractivity contribution is 0.0939. The van der Waals surface area contributed by atoms with E-state index in [9.17, 15) is 13.2 Å². The molecule has 1 amide bonds. The van der Waals surface area contributed by atoms with Gasteiger partial charge >= 0.3 is 0 Å². The Hall–Kier alpha value is -2.08. The summed E-state index contributed by atoms with van der Waals surface area (Å²) in [6.07, 6.45) is 3.27. The number of sulfone groups is 1. The fourth-order valence-corrected chi connectivity index (χ4v) is 2.62. The van der Waals surface area contributed by atoms with E-state index in [1.165, 1.54) is 12.1 Å². The van der Waals surface area contributed by atoms with Crippen LogP contribution in [0.25, 0.3) is 0 Å². The van der Waals surface area contributed by atoms with Crippen LogP contribution in [-0.2, 0) is 16.3 Å². The molecule has 1 aromatic heterocycles. The number of hydrogen-bond acceptors (Lipinski definition) is 4. The number of carbonyl (C=O) groups is 1. The third-order valence-corrected chi connectivity index (χ3v) is 4.10. The fraction of sp³-hybridized carbons (Fsp3) is 0.267. The summed E-state index contributed by atoms with van der Waals surface area (Å²) in [6, 6.07) is 9.51. The molecule has 0 spiro atoms. The Morgan fingerprint density at radius 2 is 2.05 bits per heavy atom. The second-order valence-electron chi connectivity index (χ2n) is 4.96. The molecule has 6 heteroatoms. The Bertz CT molecular complexity index is 720. The van der Waals surface area contributed by atoms with Crippen molar-refractivity contribution in [2.75, 3.05) is 6.26 Å². The van der Waals surface area contributed by atoms with Crippen LogP contribution in [0.15, 0.2) is 52.0 Å². The zero-order valence-corrected chi connectivity index (χ0v) is 12.7. The lowest BCUT2D eigenvalue weighted by Gasteiger charge is -2.13. The van der Waals surface area contributed by atoms with Gasteiger partial charge in [0.05, 0.1) is 11.2 Å². The van der Waals surface area contributed by atoms with Gasteiger partial charge in [-0.25, -0.2) is 8.42 Å². The highest BCUT2D eigenvalue weighted by Crippen LogP contribution is 2.12. The molecule has 2 aromatic rings. The predicted octanol–water partition coefficient (Wildman–Crippen LogP) is 2.04. The number of nitrogens with one attached hydrogen (secondary N) is 1. The highest BCUT2D eigenvalue weighted by atomic mass is 32.2. The SMILES string of the molecule is CC(Cc1ccco1)NC(=O)c1cccc(S(C)(=O)=O)c1. The van der Waals surface area contributed by atoms with Gasteiger partial charge < -0.3 is 9.73 Å². The Labute approximate surface area is 123 Å². The molecule has 0 aliphatic carbocycles. The number of benzene rings is 1. The minimum absolute atomic E-state index is 0.120. The Morgan fingerprint density at radius 1 is 1.29 bits per heavy atom. The van der Waals surface area contributed by atoms with Crippen LogP contribution in [0.2, 0.25) is 0 Å². The summed E-state index contributed by atoms with van der Waals surface area (Å²) in [5.74, 6) is 0.479. The van der Waals surface area contributed by atoms with Gasteiger partial charge in [0.1, 0.15) is 5.76 Å². The van der Waals surface area contributed by atoms with Gasteiger partial charge in [0.2, 0.25) is 0 Å². The van der Waals surface area contributed by atoms with E-state index < -0.39 is 9.84 Å². The quantitative estimate of drug-likeness (QED) is 0.917. The number of hydrogen-bond donors (Lipinski definition) is 1. The first-order valence-corrected chi connectivity index (χ1v) is 8.39. The van der Waals surface area contributed by atoms with Crippen LogP contribution in [0.5, 0.6) is 0 Å². The largest absolute Gasteiger partial charge is 0.469 e. The molecule has 112 valence electrons. The van der Waals surface area contributed by atoms with Crippen LogP contribution < -0.4 is 5.32 Å². The standard InChI is InChI=1S/C15H17NO4S/c1-11(9-13-6-4-8-20-13)16-15(17)12-5-3-7-14(10-12)21(2,18)19/h3-8,10-11H,9H2,1-2H3,(H,16,17). The van der Waals surface area contributed by atoms with Gasteiger partial charge in [0, 0.05) is 24.3 Å². The highest BCUT2D eigenvalue weighted by Gasteiger charge is 2.14. The fourth-order valence-electron chi connectivity index (χ4n) is 1.96.